The molecule has 1 aliphatic rings. The van der Waals surface area contributed by atoms with E-state index in [0.717, 1.165) is 12.8 Å². The predicted octanol–water partition coefficient (Wildman–Crippen LogP) is 3.78. The molecule has 1 aromatic rings. The number of aromatic nitrogens is 2. The third-order valence-electron chi connectivity index (χ3n) is 3.38. The van der Waals surface area contributed by atoms with Gasteiger partial charge in [0.2, 0.25) is 5.82 Å². The maximum atomic E-state index is 12.6. The first-order chi connectivity index (χ1) is 8.67. The Morgan fingerprint density at radius 3 is 2.32 bits per heavy atom. The molecule has 1 aliphatic heterocycles. The lowest BCUT2D eigenvalue weighted by Gasteiger charge is -2.37. The number of hydrogen-bond acceptors (Lipinski definition) is 3. The molecule has 19 heavy (non-hydrogen) atoms. The summed E-state index contributed by atoms with van der Waals surface area (Å²) in [5, 5.41) is -0.179. The number of anilines is 1. The highest BCUT2D eigenvalue weighted by Crippen LogP contribution is 2.33. The Hall–Kier alpha value is -1.04. The minimum Gasteiger partial charge on any atom is -0.356 e. The molecule has 1 saturated heterocycles. The molecule has 3 nitrogen and oxygen atoms in total. The first-order valence-corrected chi connectivity index (χ1v) is 6.42. The van der Waals surface area contributed by atoms with Crippen LogP contribution < -0.4 is 4.90 Å². The van der Waals surface area contributed by atoms with Crippen molar-refractivity contribution in [1.82, 2.24) is 9.97 Å². The lowest BCUT2D eigenvalue weighted by Crippen LogP contribution is -2.38. The summed E-state index contributed by atoms with van der Waals surface area (Å²) >= 11 is 5.65. The molecular weight excluding hydrogens is 279 g/mol. The molecule has 0 amide bonds. The monoisotopic (exact) mass is 293 g/mol. The molecule has 0 bridgehead atoms. The van der Waals surface area contributed by atoms with Crippen LogP contribution in [-0.2, 0) is 6.18 Å². The van der Waals surface area contributed by atoms with E-state index >= 15 is 0 Å². The van der Waals surface area contributed by atoms with Crippen molar-refractivity contribution in [3.8, 4) is 0 Å². The summed E-state index contributed by atoms with van der Waals surface area (Å²) in [4.78, 5) is 8.64. The van der Waals surface area contributed by atoms with Crippen LogP contribution in [0.1, 0.15) is 32.5 Å². The largest absolute Gasteiger partial charge is 0.451 e. The van der Waals surface area contributed by atoms with Crippen molar-refractivity contribution in [2.45, 2.75) is 32.9 Å². The van der Waals surface area contributed by atoms with Gasteiger partial charge in [0.05, 0.1) is 0 Å². The molecule has 0 N–H and O–H groups in total. The van der Waals surface area contributed by atoms with Crippen molar-refractivity contribution in [3.63, 3.8) is 0 Å². The highest BCUT2D eigenvalue weighted by atomic mass is 35.5. The van der Waals surface area contributed by atoms with Crippen LogP contribution in [0.5, 0.6) is 0 Å². The average Bonchev–Trinajstić information content (AvgIpc) is 2.26. The molecule has 0 unspecified atom stereocenters. The fraction of sp³-hybridized carbons (Fsp3) is 0.667. The predicted molar refractivity (Wildman–Crippen MR) is 67.3 cm³/mol. The smallest absolute Gasteiger partial charge is 0.356 e. The number of halogens is 4. The van der Waals surface area contributed by atoms with E-state index in [1.54, 1.807) is 0 Å². The van der Waals surface area contributed by atoms with E-state index in [1.807, 2.05) is 4.90 Å². The average molecular weight is 294 g/mol. The molecule has 0 atom stereocenters. The number of hydrogen-bond donors (Lipinski definition) is 0. The van der Waals surface area contributed by atoms with Gasteiger partial charge in [-0.15, -0.1) is 0 Å². The van der Waals surface area contributed by atoms with Crippen LogP contribution in [0.15, 0.2) is 6.07 Å². The van der Waals surface area contributed by atoms with Crippen LogP contribution in [-0.4, -0.2) is 23.1 Å². The van der Waals surface area contributed by atoms with Crippen LogP contribution in [0, 0.1) is 5.41 Å². The number of rotatable bonds is 1. The second-order valence-electron chi connectivity index (χ2n) is 5.52. The van der Waals surface area contributed by atoms with Crippen LogP contribution in [0.25, 0.3) is 0 Å². The van der Waals surface area contributed by atoms with Gasteiger partial charge in [0.15, 0.2) is 0 Å². The quantitative estimate of drug-likeness (QED) is 0.738. The molecule has 7 heteroatoms. The Labute approximate surface area is 114 Å². The number of nitrogens with zero attached hydrogens (tertiary/aromatic N) is 3. The molecule has 2 heterocycles. The van der Waals surface area contributed by atoms with Crippen LogP contribution >= 0.6 is 11.6 Å². The Balaban J connectivity index is 2.24. The molecule has 0 spiro atoms. The molecule has 0 radical (unpaired) electrons. The molecule has 106 valence electrons. The zero-order valence-corrected chi connectivity index (χ0v) is 11.5. The van der Waals surface area contributed by atoms with Gasteiger partial charge < -0.3 is 4.90 Å². The zero-order chi connectivity index (χ0) is 14.3. The minimum absolute atomic E-state index is 0.179. The Morgan fingerprint density at radius 2 is 1.79 bits per heavy atom. The standard InChI is InChI=1S/C12H15ClF3N3/c1-11(2)3-5-19(6-4-11)9-7-8(13)17-10(18-9)12(14,15)16/h7H,3-6H2,1-2H3. The van der Waals surface area contributed by atoms with E-state index < -0.39 is 12.0 Å². The van der Waals surface area contributed by atoms with Gasteiger partial charge in [-0.2, -0.15) is 13.2 Å². The summed E-state index contributed by atoms with van der Waals surface area (Å²) < 4.78 is 37.9. The Bertz CT molecular complexity index is 464. The normalized spacial score (nSPS) is 19.6. The van der Waals surface area contributed by atoms with E-state index in [4.69, 9.17) is 11.6 Å². The minimum atomic E-state index is -4.57. The number of alkyl halides is 3. The van der Waals surface area contributed by atoms with Gasteiger partial charge in [0.1, 0.15) is 11.0 Å². The summed E-state index contributed by atoms with van der Waals surface area (Å²) in [5.41, 5.74) is 0.222. The molecule has 0 saturated carbocycles. The second kappa shape index (κ2) is 4.81. The van der Waals surface area contributed by atoms with Crippen molar-refractivity contribution in [1.29, 1.82) is 0 Å². The lowest BCUT2D eigenvalue weighted by molar-refractivity contribution is -0.144. The third-order valence-corrected chi connectivity index (χ3v) is 3.57. The van der Waals surface area contributed by atoms with Crippen molar-refractivity contribution in [2.24, 2.45) is 5.41 Å². The van der Waals surface area contributed by atoms with Crippen molar-refractivity contribution < 1.29 is 13.2 Å². The summed E-state index contributed by atoms with van der Waals surface area (Å²) in [6.07, 6.45) is -2.75. The van der Waals surface area contributed by atoms with Gasteiger partial charge in [-0.05, 0) is 18.3 Å². The van der Waals surface area contributed by atoms with E-state index in [9.17, 15) is 13.2 Å². The van der Waals surface area contributed by atoms with Crippen LogP contribution in [0.3, 0.4) is 0 Å². The zero-order valence-electron chi connectivity index (χ0n) is 10.8. The van der Waals surface area contributed by atoms with Gasteiger partial charge >= 0.3 is 6.18 Å². The molecule has 0 aromatic carbocycles. The first-order valence-electron chi connectivity index (χ1n) is 6.04. The van der Waals surface area contributed by atoms with Crippen molar-refractivity contribution in [2.75, 3.05) is 18.0 Å². The maximum absolute atomic E-state index is 12.6. The first kappa shape index (κ1) is 14.4. The van der Waals surface area contributed by atoms with Gasteiger partial charge in [-0.3, -0.25) is 0 Å². The van der Waals surface area contributed by atoms with E-state index in [0.29, 0.717) is 13.1 Å². The molecule has 0 aliphatic carbocycles. The lowest BCUT2D eigenvalue weighted by atomic mass is 9.83. The maximum Gasteiger partial charge on any atom is 0.451 e. The second-order valence-corrected chi connectivity index (χ2v) is 5.91. The highest BCUT2D eigenvalue weighted by Gasteiger charge is 2.36. The van der Waals surface area contributed by atoms with Gasteiger partial charge in [-0.25, -0.2) is 9.97 Å². The summed E-state index contributed by atoms with van der Waals surface area (Å²) in [5.74, 6) is -0.928. The topological polar surface area (TPSA) is 29.0 Å². The summed E-state index contributed by atoms with van der Waals surface area (Å²) in [6, 6.07) is 1.38. The van der Waals surface area contributed by atoms with Gasteiger partial charge in [-0.1, -0.05) is 25.4 Å². The third kappa shape index (κ3) is 3.49. The number of piperidine rings is 1. The fourth-order valence-corrected chi connectivity index (χ4v) is 2.21. The highest BCUT2D eigenvalue weighted by molar-refractivity contribution is 6.29. The van der Waals surface area contributed by atoms with E-state index in [-0.39, 0.29) is 16.4 Å². The molecule has 2 rings (SSSR count). The summed E-state index contributed by atoms with van der Waals surface area (Å²) in [7, 11) is 0. The Kier molecular flexibility index (Phi) is 3.64. The summed E-state index contributed by atoms with van der Waals surface area (Å²) in [6.45, 7) is 5.66. The van der Waals surface area contributed by atoms with Crippen molar-refractivity contribution >= 4 is 17.4 Å². The van der Waals surface area contributed by atoms with Crippen molar-refractivity contribution in [3.05, 3.63) is 17.0 Å². The Morgan fingerprint density at radius 1 is 1.21 bits per heavy atom. The van der Waals surface area contributed by atoms with Crippen LogP contribution in [0.2, 0.25) is 5.15 Å². The van der Waals surface area contributed by atoms with Gasteiger partial charge in [0, 0.05) is 19.2 Å². The fourth-order valence-electron chi connectivity index (χ4n) is 2.04. The SMILES string of the molecule is CC1(C)CCN(c2cc(Cl)nc(C(F)(F)F)n2)CC1. The van der Waals surface area contributed by atoms with E-state index in [2.05, 4.69) is 23.8 Å². The molecule has 1 fully saturated rings. The van der Waals surface area contributed by atoms with E-state index in [1.165, 1.54) is 6.07 Å². The van der Waals surface area contributed by atoms with Gasteiger partial charge in [0.25, 0.3) is 0 Å². The van der Waals surface area contributed by atoms with Crippen LogP contribution in [0.4, 0.5) is 19.0 Å². The molecular formula is C12H15ClF3N3. The molecule has 1 aromatic heterocycles.